The number of esters is 3. The molecule has 0 saturated carbocycles. The SMILES string of the molecule is CC\C=C/C=C\C=C/C=C\CCCCCC(=O)OCC(COC(=O)CCCCCCC/C=C\C=C/CCCCCCCCC)OC(=O)CC/C=C\C/C=C\C/C=C\C/C=C\C/C=C\CC. The van der Waals surface area contributed by atoms with E-state index in [-0.39, 0.29) is 38.0 Å². The Hall–Kier alpha value is -4.45. The van der Waals surface area contributed by atoms with Crippen molar-refractivity contribution in [2.75, 3.05) is 13.2 Å². The zero-order valence-electron chi connectivity index (χ0n) is 41.4. The number of hydrogen-bond acceptors (Lipinski definition) is 6. The lowest BCUT2D eigenvalue weighted by molar-refractivity contribution is -0.166. The van der Waals surface area contributed by atoms with Crippen LogP contribution in [0.15, 0.2) is 134 Å². The van der Waals surface area contributed by atoms with E-state index in [1.165, 1.54) is 51.4 Å². The Morgan fingerprint density at radius 1 is 0.338 bits per heavy atom. The van der Waals surface area contributed by atoms with Gasteiger partial charge < -0.3 is 14.2 Å². The van der Waals surface area contributed by atoms with Crippen LogP contribution in [0.2, 0.25) is 0 Å². The summed E-state index contributed by atoms with van der Waals surface area (Å²) in [7, 11) is 0. The molecule has 0 N–H and O–H groups in total. The topological polar surface area (TPSA) is 78.9 Å². The molecule has 1 atom stereocenters. The van der Waals surface area contributed by atoms with Crippen LogP contribution in [0.1, 0.15) is 201 Å². The molecule has 0 radical (unpaired) electrons. The average molecular weight is 897 g/mol. The molecule has 0 spiro atoms. The van der Waals surface area contributed by atoms with Gasteiger partial charge in [0.05, 0.1) is 0 Å². The molecule has 0 aliphatic heterocycles. The first-order valence-electron chi connectivity index (χ1n) is 25.8. The van der Waals surface area contributed by atoms with E-state index in [2.05, 4.69) is 106 Å². The molecule has 0 aliphatic rings. The van der Waals surface area contributed by atoms with Crippen LogP contribution in [0.3, 0.4) is 0 Å². The lowest BCUT2D eigenvalue weighted by atomic mass is 10.1. The van der Waals surface area contributed by atoms with Gasteiger partial charge in [0.1, 0.15) is 13.2 Å². The molecular formula is C59H92O6. The van der Waals surface area contributed by atoms with Crippen LogP contribution in [-0.4, -0.2) is 37.2 Å². The highest BCUT2D eigenvalue weighted by molar-refractivity contribution is 5.71. The molecule has 6 nitrogen and oxygen atoms in total. The fourth-order valence-electron chi connectivity index (χ4n) is 6.43. The van der Waals surface area contributed by atoms with E-state index in [0.29, 0.717) is 12.8 Å². The van der Waals surface area contributed by atoms with Gasteiger partial charge in [-0.05, 0) is 96.3 Å². The molecule has 0 heterocycles. The molecule has 0 saturated heterocycles. The third-order valence-corrected chi connectivity index (χ3v) is 10.3. The van der Waals surface area contributed by atoms with E-state index in [1.807, 2.05) is 48.6 Å². The van der Waals surface area contributed by atoms with E-state index in [0.717, 1.165) is 103 Å². The van der Waals surface area contributed by atoms with Gasteiger partial charge in [0, 0.05) is 19.3 Å². The van der Waals surface area contributed by atoms with Crippen molar-refractivity contribution in [3.8, 4) is 0 Å². The van der Waals surface area contributed by atoms with Gasteiger partial charge in [-0.25, -0.2) is 0 Å². The minimum absolute atomic E-state index is 0.134. The smallest absolute Gasteiger partial charge is 0.306 e. The van der Waals surface area contributed by atoms with Crippen LogP contribution in [0.25, 0.3) is 0 Å². The Labute approximate surface area is 398 Å². The summed E-state index contributed by atoms with van der Waals surface area (Å²) in [4.78, 5) is 37.9. The van der Waals surface area contributed by atoms with Crippen molar-refractivity contribution in [3.63, 3.8) is 0 Å². The van der Waals surface area contributed by atoms with Gasteiger partial charge >= 0.3 is 17.9 Å². The molecule has 0 aromatic rings. The van der Waals surface area contributed by atoms with E-state index in [1.54, 1.807) is 0 Å². The Kier molecular flexibility index (Phi) is 48.6. The second-order valence-electron chi connectivity index (χ2n) is 16.4. The zero-order chi connectivity index (χ0) is 47.2. The average Bonchev–Trinajstić information content (AvgIpc) is 3.30. The van der Waals surface area contributed by atoms with Gasteiger partial charge in [-0.1, -0.05) is 219 Å². The first-order chi connectivity index (χ1) is 32.0. The predicted octanol–water partition coefficient (Wildman–Crippen LogP) is 17.1. The highest BCUT2D eigenvalue weighted by atomic mass is 16.6. The second kappa shape index (κ2) is 52.2. The number of rotatable bonds is 44. The molecule has 65 heavy (non-hydrogen) atoms. The third-order valence-electron chi connectivity index (χ3n) is 10.3. The number of hydrogen-bond donors (Lipinski definition) is 0. The van der Waals surface area contributed by atoms with E-state index < -0.39 is 12.1 Å². The van der Waals surface area contributed by atoms with Crippen LogP contribution < -0.4 is 0 Å². The molecule has 6 heteroatoms. The van der Waals surface area contributed by atoms with Crippen molar-refractivity contribution in [3.05, 3.63) is 134 Å². The summed E-state index contributed by atoms with van der Waals surface area (Å²) in [5, 5.41) is 0. The summed E-state index contributed by atoms with van der Waals surface area (Å²) in [5.74, 6) is -1.08. The molecule has 0 bridgehead atoms. The summed E-state index contributed by atoms with van der Waals surface area (Å²) in [5.41, 5.74) is 0. The minimum atomic E-state index is -0.845. The quantitative estimate of drug-likeness (QED) is 0.0199. The summed E-state index contributed by atoms with van der Waals surface area (Å²) in [6, 6.07) is 0. The van der Waals surface area contributed by atoms with Crippen LogP contribution >= 0.6 is 0 Å². The minimum Gasteiger partial charge on any atom is -0.462 e. The molecule has 0 aromatic heterocycles. The number of unbranched alkanes of at least 4 members (excludes halogenated alkanes) is 15. The van der Waals surface area contributed by atoms with Crippen LogP contribution in [0.5, 0.6) is 0 Å². The van der Waals surface area contributed by atoms with Gasteiger partial charge in [-0.15, -0.1) is 0 Å². The molecule has 0 rings (SSSR count). The Bertz CT molecular complexity index is 1450. The van der Waals surface area contributed by atoms with Gasteiger partial charge in [0.15, 0.2) is 6.10 Å². The molecule has 364 valence electrons. The fourth-order valence-corrected chi connectivity index (χ4v) is 6.43. The summed E-state index contributed by atoms with van der Waals surface area (Å²) < 4.78 is 16.7. The van der Waals surface area contributed by atoms with Crippen molar-refractivity contribution in [2.45, 2.75) is 207 Å². The summed E-state index contributed by atoms with van der Waals surface area (Å²) in [6.45, 7) is 6.24. The molecular weight excluding hydrogens is 805 g/mol. The summed E-state index contributed by atoms with van der Waals surface area (Å²) in [6.07, 6.45) is 73.1. The zero-order valence-corrected chi connectivity index (χ0v) is 41.4. The van der Waals surface area contributed by atoms with Crippen molar-refractivity contribution < 1.29 is 28.6 Å². The Balaban J connectivity index is 4.59. The predicted molar refractivity (Wildman–Crippen MR) is 279 cm³/mol. The first-order valence-corrected chi connectivity index (χ1v) is 25.8. The maximum absolute atomic E-state index is 12.8. The standard InChI is InChI=1S/C59H92O6/c1-4-7-10-13-16-19-22-25-27-29-30-32-34-37-40-43-46-49-52-58(61)64-55-56(54-63-57(60)51-48-45-42-39-36-33-24-21-18-15-12-9-6-3)65-59(62)53-50-47-44-41-38-35-31-28-26-23-20-17-14-11-8-5-2/h8-9,11-12,15,17-18,20-21,24,26-30,32-33,35-36,38,44,47,56H,4-7,10,13-14,16,19,22-23,25,31,34,37,39-43,45-46,48-55H2,1-3H3/b11-8-,12-9-,18-15-,20-17-,24-21-,28-26-,29-27-,32-30-,36-33-,38-35-,47-44-. The van der Waals surface area contributed by atoms with Crippen molar-refractivity contribution in [2.24, 2.45) is 0 Å². The van der Waals surface area contributed by atoms with Crippen LogP contribution in [0.4, 0.5) is 0 Å². The monoisotopic (exact) mass is 897 g/mol. The maximum atomic E-state index is 12.8. The molecule has 0 aliphatic carbocycles. The maximum Gasteiger partial charge on any atom is 0.306 e. The molecule has 1 unspecified atom stereocenters. The Morgan fingerprint density at radius 3 is 1.18 bits per heavy atom. The van der Waals surface area contributed by atoms with Crippen molar-refractivity contribution in [1.82, 2.24) is 0 Å². The lowest BCUT2D eigenvalue weighted by Gasteiger charge is -2.18. The largest absolute Gasteiger partial charge is 0.462 e. The van der Waals surface area contributed by atoms with Gasteiger partial charge in [0.2, 0.25) is 0 Å². The normalized spacial score (nSPS) is 13.2. The molecule has 0 aromatic carbocycles. The van der Waals surface area contributed by atoms with Gasteiger partial charge in [-0.3, -0.25) is 14.4 Å². The second-order valence-corrected chi connectivity index (χ2v) is 16.4. The summed E-state index contributed by atoms with van der Waals surface area (Å²) >= 11 is 0. The molecule has 0 fully saturated rings. The number of carbonyl (C=O) groups is 3. The Morgan fingerprint density at radius 2 is 0.708 bits per heavy atom. The van der Waals surface area contributed by atoms with E-state index >= 15 is 0 Å². The van der Waals surface area contributed by atoms with Crippen LogP contribution in [-0.2, 0) is 28.6 Å². The van der Waals surface area contributed by atoms with Crippen molar-refractivity contribution >= 4 is 17.9 Å². The number of allylic oxidation sites excluding steroid dienone is 22. The van der Waals surface area contributed by atoms with Crippen LogP contribution in [0, 0.1) is 0 Å². The van der Waals surface area contributed by atoms with Gasteiger partial charge in [0.25, 0.3) is 0 Å². The highest BCUT2D eigenvalue weighted by Gasteiger charge is 2.19. The highest BCUT2D eigenvalue weighted by Crippen LogP contribution is 2.12. The first kappa shape index (κ1) is 60.5. The number of carbonyl (C=O) groups excluding carboxylic acids is 3. The van der Waals surface area contributed by atoms with Crippen molar-refractivity contribution in [1.29, 1.82) is 0 Å². The lowest BCUT2D eigenvalue weighted by Crippen LogP contribution is -2.30. The van der Waals surface area contributed by atoms with Gasteiger partial charge in [-0.2, -0.15) is 0 Å². The molecule has 0 amide bonds. The number of ether oxygens (including phenoxy) is 3. The fraction of sp³-hybridized carbons (Fsp3) is 0.576. The van der Waals surface area contributed by atoms with E-state index in [9.17, 15) is 14.4 Å². The van der Waals surface area contributed by atoms with E-state index in [4.69, 9.17) is 14.2 Å². The third kappa shape index (κ3) is 50.4.